The molecule has 1 aromatic rings. The largest absolute Gasteiger partial charge is 0.508 e. The molecule has 6 nitrogen and oxygen atoms in total. The van der Waals surface area contributed by atoms with Crippen LogP contribution in [-0.2, 0) is 4.79 Å². The van der Waals surface area contributed by atoms with Gasteiger partial charge < -0.3 is 21.1 Å². The van der Waals surface area contributed by atoms with Crippen molar-refractivity contribution in [2.45, 2.75) is 18.9 Å². The van der Waals surface area contributed by atoms with Gasteiger partial charge in [-0.25, -0.2) is 0 Å². The summed E-state index contributed by atoms with van der Waals surface area (Å²) in [6.45, 7) is 3.09. The van der Waals surface area contributed by atoms with Gasteiger partial charge in [0.15, 0.2) is 0 Å². The smallest absolute Gasteiger partial charge is 0.270 e. The lowest BCUT2D eigenvalue weighted by Crippen LogP contribution is -2.58. The molecule has 112 valence electrons. The Balaban J connectivity index is 1.69. The van der Waals surface area contributed by atoms with Gasteiger partial charge in [-0.05, 0) is 44.0 Å². The summed E-state index contributed by atoms with van der Waals surface area (Å²) in [6.07, 6.45) is 2.22. The number of carbonyl (C=O) groups excluding carboxylic acids is 1. The summed E-state index contributed by atoms with van der Waals surface area (Å²) in [6, 6.07) is 4.41. The summed E-state index contributed by atoms with van der Waals surface area (Å²) in [5, 5.41) is 20.3. The number of hydrogen-bond donors (Lipinski definition) is 4. The van der Waals surface area contributed by atoms with Crippen LogP contribution in [-0.4, -0.2) is 47.3 Å². The SMILES string of the molecule is N=C(C(=O)N[C@H]1CN2CCC1CC2)c1ccc(O)cc1N. The van der Waals surface area contributed by atoms with E-state index in [4.69, 9.17) is 11.1 Å². The molecular formula is C15H20N4O2. The van der Waals surface area contributed by atoms with E-state index in [1.54, 1.807) is 0 Å². The first-order valence-corrected chi connectivity index (χ1v) is 7.25. The molecule has 2 bridgehead atoms. The molecule has 3 fully saturated rings. The molecule has 1 amide bonds. The molecular weight excluding hydrogens is 268 g/mol. The Labute approximate surface area is 123 Å². The predicted molar refractivity (Wildman–Crippen MR) is 80.4 cm³/mol. The second kappa shape index (κ2) is 5.37. The van der Waals surface area contributed by atoms with Crippen LogP contribution in [0, 0.1) is 11.3 Å². The fourth-order valence-corrected chi connectivity index (χ4v) is 3.27. The number of phenols is 1. The normalized spacial score (nSPS) is 27.3. The Morgan fingerprint density at radius 3 is 2.67 bits per heavy atom. The third-order valence-corrected chi connectivity index (χ3v) is 4.50. The van der Waals surface area contributed by atoms with Crippen molar-refractivity contribution in [3.05, 3.63) is 23.8 Å². The van der Waals surface area contributed by atoms with Crippen molar-refractivity contribution in [3.8, 4) is 5.75 Å². The first-order valence-electron chi connectivity index (χ1n) is 7.25. The number of benzene rings is 1. The van der Waals surface area contributed by atoms with Crippen molar-refractivity contribution in [3.63, 3.8) is 0 Å². The number of rotatable bonds is 3. The molecule has 0 spiro atoms. The molecule has 0 saturated carbocycles. The molecule has 3 heterocycles. The zero-order valence-corrected chi connectivity index (χ0v) is 11.8. The second-order valence-corrected chi connectivity index (χ2v) is 5.86. The number of carbonyl (C=O) groups is 1. The summed E-state index contributed by atoms with van der Waals surface area (Å²) >= 11 is 0. The Morgan fingerprint density at radius 2 is 2.10 bits per heavy atom. The molecule has 5 N–H and O–H groups in total. The van der Waals surface area contributed by atoms with E-state index in [1.807, 2.05) is 0 Å². The highest BCUT2D eigenvalue weighted by Crippen LogP contribution is 2.27. The molecule has 3 aliphatic heterocycles. The average molecular weight is 288 g/mol. The Kier molecular flexibility index (Phi) is 3.55. The van der Waals surface area contributed by atoms with Gasteiger partial charge in [0.1, 0.15) is 11.5 Å². The molecule has 3 saturated heterocycles. The fourth-order valence-electron chi connectivity index (χ4n) is 3.27. The highest BCUT2D eigenvalue weighted by molar-refractivity contribution is 6.45. The monoisotopic (exact) mass is 288 g/mol. The van der Waals surface area contributed by atoms with Crippen LogP contribution in [0.25, 0.3) is 0 Å². The predicted octanol–water partition coefficient (Wildman–Crippen LogP) is 0.553. The number of nitrogen functional groups attached to an aromatic ring is 1. The third kappa shape index (κ3) is 2.71. The number of aromatic hydroxyl groups is 1. The van der Waals surface area contributed by atoms with Crippen LogP contribution in [0.5, 0.6) is 5.75 Å². The van der Waals surface area contributed by atoms with Crippen molar-refractivity contribution in [2.24, 2.45) is 5.92 Å². The summed E-state index contributed by atoms with van der Waals surface area (Å²) < 4.78 is 0. The molecule has 21 heavy (non-hydrogen) atoms. The van der Waals surface area contributed by atoms with Crippen LogP contribution in [0.3, 0.4) is 0 Å². The molecule has 0 radical (unpaired) electrons. The second-order valence-electron chi connectivity index (χ2n) is 5.86. The topological polar surface area (TPSA) is 102 Å². The number of nitrogens with one attached hydrogen (secondary N) is 2. The van der Waals surface area contributed by atoms with Crippen molar-refractivity contribution in [1.82, 2.24) is 10.2 Å². The zero-order chi connectivity index (χ0) is 15.0. The maximum absolute atomic E-state index is 12.3. The summed E-state index contributed by atoms with van der Waals surface area (Å²) in [5.41, 5.74) is 6.21. The van der Waals surface area contributed by atoms with Crippen LogP contribution < -0.4 is 11.1 Å². The molecule has 0 aliphatic carbocycles. The van der Waals surface area contributed by atoms with Crippen LogP contribution in [0.1, 0.15) is 18.4 Å². The minimum absolute atomic E-state index is 0.0295. The number of piperidine rings is 3. The number of phenolic OH excluding ortho intramolecular Hbond substituents is 1. The fraction of sp³-hybridized carbons (Fsp3) is 0.467. The molecule has 3 aliphatic rings. The van der Waals surface area contributed by atoms with E-state index in [0.29, 0.717) is 11.5 Å². The first-order chi connectivity index (χ1) is 10.0. The lowest BCUT2D eigenvalue weighted by atomic mass is 9.84. The number of fused-ring (bicyclic) bond motifs is 3. The van der Waals surface area contributed by atoms with Crippen molar-refractivity contribution >= 4 is 17.3 Å². The zero-order valence-electron chi connectivity index (χ0n) is 11.8. The van der Waals surface area contributed by atoms with Crippen molar-refractivity contribution in [2.75, 3.05) is 25.4 Å². The number of nitrogens with two attached hydrogens (primary N) is 1. The van der Waals surface area contributed by atoms with Gasteiger partial charge in [0.05, 0.1) is 0 Å². The van der Waals surface area contributed by atoms with Crippen molar-refractivity contribution < 1.29 is 9.90 Å². The number of nitrogens with zero attached hydrogens (tertiary/aromatic N) is 1. The van der Waals surface area contributed by atoms with E-state index < -0.39 is 5.91 Å². The van der Waals surface area contributed by atoms with Crippen molar-refractivity contribution in [1.29, 1.82) is 5.41 Å². The van der Waals surface area contributed by atoms with Gasteiger partial charge in [-0.1, -0.05) is 0 Å². The van der Waals surface area contributed by atoms with Gasteiger partial charge in [0.25, 0.3) is 5.91 Å². The third-order valence-electron chi connectivity index (χ3n) is 4.50. The van der Waals surface area contributed by atoms with E-state index in [-0.39, 0.29) is 23.2 Å². The molecule has 1 aromatic carbocycles. The first kappa shape index (κ1) is 13.9. The highest BCUT2D eigenvalue weighted by Gasteiger charge is 2.35. The summed E-state index contributed by atoms with van der Waals surface area (Å²) in [5.74, 6) is 0.150. The van der Waals surface area contributed by atoms with Gasteiger partial charge in [0, 0.05) is 29.9 Å². The molecule has 0 aromatic heterocycles. The number of hydrogen-bond acceptors (Lipinski definition) is 5. The van der Waals surface area contributed by atoms with E-state index >= 15 is 0 Å². The lowest BCUT2D eigenvalue weighted by Gasteiger charge is -2.44. The van der Waals surface area contributed by atoms with E-state index in [9.17, 15) is 9.90 Å². The van der Waals surface area contributed by atoms with Crippen LogP contribution in [0.15, 0.2) is 18.2 Å². The lowest BCUT2D eigenvalue weighted by molar-refractivity contribution is -0.116. The van der Waals surface area contributed by atoms with Gasteiger partial charge in [0.2, 0.25) is 0 Å². The Morgan fingerprint density at radius 1 is 1.38 bits per heavy atom. The number of amides is 1. The number of anilines is 1. The Hall–Kier alpha value is -2.08. The highest BCUT2D eigenvalue weighted by atomic mass is 16.3. The summed E-state index contributed by atoms with van der Waals surface area (Å²) in [7, 11) is 0. The minimum atomic E-state index is -0.397. The molecule has 4 rings (SSSR count). The minimum Gasteiger partial charge on any atom is -0.508 e. The van der Waals surface area contributed by atoms with Gasteiger partial charge in [-0.3, -0.25) is 10.2 Å². The standard InChI is InChI=1S/C15H20N4O2/c16-12-7-10(20)1-2-11(12)14(17)15(21)18-13-8-19-5-3-9(13)4-6-19/h1-2,7,9,13,17,20H,3-6,8,16H2,(H,18,21)/t13-/m0/s1. The average Bonchev–Trinajstić information content (AvgIpc) is 2.48. The Bertz CT molecular complexity index is 579. The summed E-state index contributed by atoms with van der Waals surface area (Å²) in [4.78, 5) is 14.6. The van der Waals surface area contributed by atoms with E-state index in [2.05, 4.69) is 10.2 Å². The molecule has 1 atom stereocenters. The van der Waals surface area contributed by atoms with Crippen LogP contribution >= 0.6 is 0 Å². The van der Waals surface area contributed by atoms with Crippen LogP contribution in [0.2, 0.25) is 0 Å². The quantitative estimate of drug-likeness (QED) is 0.482. The van der Waals surface area contributed by atoms with Gasteiger partial charge >= 0.3 is 0 Å². The van der Waals surface area contributed by atoms with E-state index in [1.165, 1.54) is 18.2 Å². The van der Waals surface area contributed by atoms with Gasteiger partial charge in [-0.15, -0.1) is 0 Å². The maximum Gasteiger partial charge on any atom is 0.270 e. The maximum atomic E-state index is 12.3. The molecule has 6 heteroatoms. The van der Waals surface area contributed by atoms with E-state index in [0.717, 1.165) is 32.5 Å². The van der Waals surface area contributed by atoms with Gasteiger partial charge in [-0.2, -0.15) is 0 Å². The molecule has 0 unspecified atom stereocenters. The van der Waals surface area contributed by atoms with Crippen LogP contribution in [0.4, 0.5) is 5.69 Å².